The number of benzene rings is 1. The molecule has 3 rings (SSSR count). The quantitative estimate of drug-likeness (QED) is 0.901. The van der Waals surface area contributed by atoms with Crippen molar-refractivity contribution in [1.82, 2.24) is 0 Å². The smallest absolute Gasteiger partial charge is 0.229 e. The number of carbonyl (C=O) groups is 1. The lowest BCUT2D eigenvalue weighted by molar-refractivity contribution is -0.121. The van der Waals surface area contributed by atoms with Gasteiger partial charge in [-0.05, 0) is 50.8 Å². The van der Waals surface area contributed by atoms with Gasteiger partial charge in [0, 0.05) is 12.0 Å². The molecule has 0 aromatic heterocycles. The van der Waals surface area contributed by atoms with Crippen molar-refractivity contribution in [2.75, 3.05) is 11.4 Å². The van der Waals surface area contributed by atoms with Crippen molar-refractivity contribution in [2.45, 2.75) is 51.2 Å². The highest BCUT2D eigenvalue weighted by molar-refractivity contribution is 5.96. The fraction of sp³-hybridized carbons (Fsp3) is 0.562. The Morgan fingerprint density at radius 2 is 2.25 bits per heavy atom. The van der Waals surface area contributed by atoms with Crippen LogP contribution in [0.5, 0.6) is 5.75 Å². The van der Waals surface area contributed by atoms with E-state index in [1.807, 2.05) is 36.9 Å². The van der Waals surface area contributed by atoms with Gasteiger partial charge in [-0.3, -0.25) is 4.79 Å². The first-order valence-electron chi connectivity index (χ1n) is 7.33. The summed E-state index contributed by atoms with van der Waals surface area (Å²) in [5.74, 6) is 0.921. The van der Waals surface area contributed by atoms with Gasteiger partial charge in [-0.25, -0.2) is 0 Å². The molecule has 0 bridgehead atoms. The predicted octanol–water partition coefficient (Wildman–Crippen LogP) is 2.38. The second-order valence-electron chi connectivity index (χ2n) is 6.30. The maximum Gasteiger partial charge on any atom is 0.229 e. The van der Waals surface area contributed by atoms with Crippen LogP contribution < -0.4 is 15.4 Å². The zero-order valence-electron chi connectivity index (χ0n) is 12.2. The fourth-order valence-corrected chi connectivity index (χ4v) is 2.99. The molecule has 108 valence electrons. The van der Waals surface area contributed by atoms with Crippen LogP contribution in [0, 0.1) is 6.92 Å². The second kappa shape index (κ2) is 4.77. The Balaban J connectivity index is 1.84. The van der Waals surface area contributed by atoms with Crippen LogP contribution in [0.15, 0.2) is 18.2 Å². The standard InChI is InChI=1S/C16H22N2O2/c1-11-4-5-13-14(8-11)20-12(2)10-18(13)15(19)9-16(17)6-3-7-16/h4-5,8,12H,3,6-7,9-10,17H2,1-2H3. The van der Waals surface area contributed by atoms with Gasteiger partial charge in [-0.2, -0.15) is 0 Å². The average molecular weight is 274 g/mol. The van der Waals surface area contributed by atoms with E-state index in [9.17, 15) is 4.79 Å². The van der Waals surface area contributed by atoms with Crippen LogP contribution in [0.25, 0.3) is 0 Å². The number of hydrogen-bond acceptors (Lipinski definition) is 3. The first-order chi connectivity index (χ1) is 9.47. The third-order valence-electron chi connectivity index (χ3n) is 4.33. The van der Waals surface area contributed by atoms with Gasteiger partial charge in [0.05, 0.1) is 12.2 Å². The molecule has 20 heavy (non-hydrogen) atoms. The first kappa shape index (κ1) is 13.4. The number of nitrogens with zero attached hydrogens (tertiary/aromatic N) is 1. The van der Waals surface area contributed by atoms with Gasteiger partial charge in [0.15, 0.2) is 0 Å². The lowest BCUT2D eigenvalue weighted by Gasteiger charge is -2.40. The molecule has 1 unspecified atom stereocenters. The van der Waals surface area contributed by atoms with Crippen LogP contribution in [0.1, 0.15) is 38.2 Å². The summed E-state index contributed by atoms with van der Waals surface area (Å²) < 4.78 is 5.84. The number of ether oxygens (including phenoxy) is 1. The molecule has 4 heteroatoms. The molecule has 0 radical (unpaired) electrons. The van der Waals surface area contributed by atoms with Gasteiger partial charge < -0.3 is 15.4 Å². The molecular weight excluding hydrogens is 252 g/mol. The Hall–Kier alpha value is -1.55. The van der Waals surface area contributed by atoms with E-state index in [0.29, 0.717) is 13.0 Å². The van der Waals surface area contributed by atoms with Crippen molar-refractivity contribution in [3.63, 3.8) is 0 Å². The van der Waals surface area contributed by atoms with Crippen molar-refractivity contribution >= 4 is 11.6 Å². The van der Waals surface area contributed by atoms with Crippen LogP contribution in [0.2, 0.25) is 0 Å². The summed E-state index contributed by atoms with van der Waals surface area (Å²) in [6.07, 6.45) is 3.51. The van der Waals surface area contributed by atoms with Crippen LogP contribution in [-0.4, -0.2) is 24.1 Å². The Bertz CT molecular complexity index is 537. The molecule has 1 aromatic carbocycles. The zero-order chi connectivity index (χ0) is 14.3. The number of rotatable bonds is 2. The molecule has 1 aliphatic carbocycles. The summed E-state index contributed by atoms with van der Waals surface area (Å²) in [6, 6.07) is 5.98. The van der Waals surface area contributed by atoms with Crippen LogP contribution in [0.4, 0.5) is 5.69 Å². The Kier molecular flexibility index (Phi) is 3.21. The van der Waals surface area contributed by atoms with Gasteiger partial charge in [-0.15, -0.1) is 0 Å². The van der Waals surface area contributed by atoms with Crippen molar-refractivity contribution < 1.29 is 9.53 Å². The van der Waals surface area contributed by atoms with E-state index in [2.05, 4.69) is 0 Å². The maximum atomic E-state index is 12.6. The van der Waals surface area contributed by atoms with E-state index in [-0.39, 0.29) is 17.6 Å². The minimum Gasteiger partial charge on any atom is -0.487 e. The predicted molar refractivity (Wildman–Crippen MR) is 79.0 cm³/mol. The molecule has 0 saturated heterocycles. The van der Waals surface area contributed by atoms with E-state index >= 15 is 0 Å². The minimum absolute atomic E-state index is 0.0170. The largest absolute Gasteiger partial charge is 0.487 e. The van der Waals surface area contributed by atoms with Crippen LogP contribution in [-0.2, 0) is 4.79 Å². The summed E-state index contributed by atoms with van der Waals surface area (Å²) in [7, 11) is 0. The van der Waals surface area contributed by atoms with Gasteiger partial charge >= 0.3 is 0 Å². The molecule has 2 aliphatic rings. The third-order valence-corrected chi connectivity index (χ3v) is 4.33. The first-order valence-corrected chi connectivity index (χ1v) is 7.33. The zero-order valence-corrected chi connectivity index (χ0v) is 12.2. The van der Waals surface area contributed by atoms with Crippen molar-refractivity contribution in [2.24, 2.45) is 5.73 Å². The number of fused-ring (bicyclic) bond motifs is 1. The van der Waals surface area contributed by atoms with E-state index in [1.165, 1.54) is 0 Å². The van der Waals surface area contributed by atoms with E-state index in [4.69, 9.17) is 10.5 Å². The number of nitrogens with two attached hydrogens (primary N) is 1. The molecule has 1 amide bonds. The summed E-state index contributed by atoms with van der Waals surface area (Å²) in [4.78, 5) is 14.4. The highest BCUT2D eigenvalue weighted by Crippen LogP contribution is 2.37. The minimum atomic E-state index is -0.274. The van der Waals surface area contributed by atoms with E-state index in [1.54, 1.807) is 0 Å². The molecule has 1 saturated carbocycles. The van der Waals surface area contributed by atoms with Crippen LogP contribution >= 0.6 is 0 Å². The Labute approximate surface area is 119 Å². The topological polar surface area (TPSA) is 55.6 Å². The molecule has 1 aromatic rings. The Morgan fingerprint density at radius 1 is 1.50 bits per heavy atom. The molecule has 1 heterocycles. The summed E-state index contributed by atoms with van der Waals surface area (Å²) in [5.41, 5.74) is 7.95. The van der Waals surface area contributed by atoms with E-state index in [0.717, 1.165) is 36.3 Å². The molecule has 1 atom stereocenters. The summed E-state index contributed by atoms with van der Waals surface area (Å²) >= 11 is 0. The number of hydrogen-bond donors (Lipinski definition) is 1. The van der Waals surface area contributed by atoms with Gasteiger partial charge in [-0.1, -0.05) is 6.07 Å². The van der Waals surface area contributed by atoms with Crippen molar-refractivity contribution in [1.29, 1.82) is 0 Å². The van der Waals surface area contributed by atoms with Crippen LogP contribution in [0.3, 0.4) is 0 Å². The number of anilines is 1. The second-order valence-corrected chi connectivity index (χ2v) is 6.30. The fourth-order valence-electron chi connectivity index (χ4n) is 2.99. The summed E-state index contributed by atoms with van der Waals surface area (Å²) in [6.45, 7) is 4.62. The normalized spacial score (nSPS) is 23.6. The number of carbonyl (C=O) groups excluding carboxylic acids is 1. The average Bonchev–Trinajstić information content (AvgIpc) is 2.35. The Morgan fingerprint density at radius 3 is 2.90 bits per heavy atom. The number of aryl methyl sites for hydroxylation is 1. The SMILES string of the molecule is Cc1ccc2c(c1)OC(C)CN2C(=O)CC1(N)CCC1. The molecule has 4 nitrogen and oxygen atoms in total. The molecular formula is C16H22N2O2. The molecule has 1 fully saturated rings. The lowest BCUT2D eigenvalue weighted by Crippen LogP contribution is -2.52. The molecule has 0 spiro atoms. The maximum absolute atomic E-state index is 12.6. The summed E-state index contributed by atoms with van der Waals surface area (Å²) in [5, 5.41) is 0. The van der Waals surface area contributed by atoms with E-state index < -0.39 is 0 Å². The monoisotopic (exact) mass is 274 g/mol. The van der Waals surface area contributed by atoms with Gasteiger partial charge in [0.25, 0.3) is 0 Å². The highest BCUT2D eigenvalue weighted by atomic mass is 16.5. The highest BCUT2D eigenvalue weighted by Gasteiger charge is 2.37. The number of amides is 1. The molecule has 2 N–H and O–H groups in total. The lowest BCUT2D eigenvalue weighted by atomic mass is 9.75. The van der Waals surface area contributed by atoms with Gasteiger partial charge in [0.1, 0.15) is 11.9 Å². The van der Waals surface area contributed by atoms with Crippen molar-refractivity contribution in [3.8, 4) is 5.75 Å². The molecule has 1 aliphatic heterocycles. The van der Waals surface area contributed by atoms with Gasteiger partial charge in [0.2, 0.25) is 5.91 Å². The third kappa shape index (κ3) is 2.40. The van der Waals surface area contributed by atoms with Crippen molar-refractivity contribution in [3.05, 3.63) is 23.8 Å².